The van der Waals surface area contributed by atoms with Crippen molar-refractivity contribution in [3.05, 3.63) is 65.0 Å². The molecule has 0 saturated heterocycles. The summed E-state index contributed by atoms with van der Waals surface area (Å²) in [5, 5.41) is 11.3. The second kappa shape index (κ2) is 6.54. The normalized spacial score (nSPS) is 40.1. The van der Waals surface area contributed by atoms with Gasteiger partial charge in [-0.05, 0) is 104 Å². The maximum Gasteiger partial charge on any atom is 0.0860 e. The van der Waals surface area contributed by atoms with Gasteiger partial charge in [-0.3, -0.25) is 4.98 Å². The predicted molar refractivity (Wildman–Crippen MR) is 118 cm³/mol. The van der Waals surface area contributed by atoms with Crippen molar-refractivity contribution in [2.45, 2.75) is 63.4 Å². The third-order valence-corrected chi connectivity index (χ3v) is 8.80. The van der Waals surface area contributed by atoms with E-state index in [0.717, 1.165) is 31.6 Å². The van der Waals surface area contributed by atoms with E-state index in [9.17, 15) is 5.11 Å². The van der Waals surface area contributed by atoms with Crippen molar-refractivity contribution < 1.29 is 5.11 Å². The average molecular weight is 386 g/mol. The highest BCUT2D eigenvalue weighted by molar-refractivity contribution is 5.68. The Bertz CT molecular complexity index is 918. The molecule has 0 aromatic carbocycles. The summed E-state index contributed by atoms with van der Waals surface area (Å²) in [7, 11) is 0. The summed E-state index contributed by atoms with van der Waals surface area (Å²) in [6.45, 7) is 0. The molecule has 0 amide bonds. The summed E-state index contributed by atoms with van der Waals surface area (Å²) in [4.78, 5) is 4.32. The Morgan fingerprint density at radius 1 is 1.00 bits per heavy atom. The van der Waals surface area contributed by atoms with Crippen molar-refractivity contribution in [3.8, 4) is 0 Å². The molecule has 0 radical (unpaired) electrons. The van der Waals surface area contributed by atoms with E-state index in [1.54, 1.807) is 5.57 Å². The van der Waals surface area contributed by atoms with Gasteiger partial charge in [0.25, 0.3) is 0 Å². The van der Waals surface area contributed by atoms with Crippen LogP contribution in [0.4, 0.5) is 0 Å². The molecule has 6 rings (SSSR count). The molecule has 5 aliphatic carbocycles. The van der Waals surface area contributed by atoms with E-state index in [1.807, 2.05) is 12.4 Å². The number of allylic oxidation sites excluding steroid dienone is 5. The Morgan fingerprint density at radius 3 is 2.83 bits per heavy atom. The lowest BCUT2D eigenvalue weighted by Gasteiger charge is -2.39. The number of fused-ring (bicyclic) bond motifs is 6. The van der Waals surface area contributed by atoms with Crippen molar-refractivity contribution >= 4 is 12.2 Å². The van der Waals surface area contributed by atoms with Crippen LogP contribution in [0.1, 0.15) is 68.9 Å². The molecule has 2 heteroatoms. The van der Waals surface area contributed by atoms with Gasteiger partial charge in [0.1, 0.15) is 0 Å². The van der Waals surface area contributed by atoms with E-state index < -0.39 is 5.60 Å². The van der Waals surface area contributed by atoms with E-state index in [0.29, 0.717) is 11.8 Å². The Morgan fingerprint density at radius 2 is 1.90 bits per heavy atom. The van der Waals surface area contributed by atoms with Crippen LogP contribution in [0.2, 0.25) is 0 Å². The van der Waals surface area contributed by atoms with E-state index in [2.05, 4.69) is 47.5 Å². The zero-order valence-electron chi connectivity index (χ0n) is 17.2. The van der Waals surface area contributed by atoms with Crippen LogP contribution in [0.15, 0.2) is 53.9 Å². The van der Waals surface area contributed by atoms with Crippen molar-refractivity contribution in [2.24, 2.45) is 23.2 Å². The lowest BCUT2D eigenvalue weighted by Crippen LogP contribution is -2.34. The molecule has 29 heavy (non-hydrogen) atoms. The van der Waals surface area contributed by atoms with Gasteiger partial charge in [0.15, 0.2) is 0 Å². The van der Waals surface area contributed by atoms with Gasteiger partial charge in [-0.2, -0.15) is 0 Å². The van der Waals surface area contributed by atoms with E-state index in [-0.39, 0.29) is 5.41 Å². The summed E-state index contributed by atoms with van der Waals surface area (Å²) < 4.78 is 0. The zero-order valence-corrected chi connectivity index (χ0v) is 17.2. The second-order valence-electron chi connectivity index (χ2n) is 10.1. The van der Waals surface area contributed by atoms with Crippen LogP contribution < -0.4 is 0 Å². The minimum atomic E-state index is -0.515. The molecule has 0 bridgehead atoms. The minimum Gasteiger partial charge on any atom is -0.386 e. The van der Waals surface area contributed by atoms with Crippen LogP contribution in [-0.2, 0) is 0 Å². The number of nitrogens with zero attached hydrogens (tertiary/aromatic N) is 1. The molecule has 1 spiro atoms. The van der Waals surface area contributed by atoms with Crippen molar-refractivity contribution in [1.82, 2.24) is 4.98 Å². The molecule has 2 saturated carbocycles. The van der Waals surface area contributed by atoms with Gasteiger partial charge >= 0.3 is 0 Å². The maximum absolute atomic E-state index is 11.3. The van der Waals surface area contributed by atoms with E-state index >= 15 is 0 Å². The molecule has 4 unspecified atom stereocenters. The zero-order chi connectivity index (χ0) is 19.5. The first-order valence-corrected chi connectivity index (χ1v) is 11.6. The highest BCUT2D eigenvalue weighted by Crippen LogP contribution is 2.59. The molecule has 1 N–H and O–H groups in total. The highest BCUT2D eigenvalue weighted by atomic mass is 16.3. The molecular weight excluding hydrogens is 354 g/mol. The fraction of sp³-hybridized carbons (Fsp3) is 0.519. The SMILES string of the molecule is O[C@]12CCCCC1=CC1=CCC3C(CCC34C=Cc3ccncc3C=C4)C1CC2. The molecule has 150 valence electrons. The lowest BCUT2D eigenvalue weighted by atomic mass is 9.65. The van der Waals surface area contributed by atoms with Gasteiger partial charge in [-0.1, -0.05) is 36.5 Å². The summed E-state index contributed by atoms with van der Waals surface area (Å²) in [6, 6.07) is 2.13. The van der Waals surface area contributed by atoms with Crippen LogP contribution in [0, 0.1) is 23.2 Å². The maximum atomic E-state index is 11.3. The standard InChI is InChI=1S/C27H31NO/c29-27-11-2-1-3-22(27)17-20-4-5-25-24(23(20)9-15-27)8-14-26(25)12-6-19-10-16-28-18-21(19)7-13-26/h4,6-7,10,12-13,16-18,23-25,29H,1-3,5,8-9,11,14-15H2/t23?,24?,25?,26?,27-/m0/s1. The Kier molecular flexibility index (Phi) is 4.03. The third kappa shape index (κ3) is 2.75. The van der Waals surface area contributed by atoms with Gasteiger partial charge < -0.3 is 5.11 Å². The molecule has 5 atom stereocenters. The van der Waals surface area contributed by atoms with Crippen LogP contribution in [-0.4, -0.2) is 15.7 Å². The quantitative estimate of drug-likeness (QED) is 0.585. The monoisotopic (exact) mass is 385 g/mol. The van der Waals surface area contributed by atoms with Crippen molar-refractivity contribution in [1.29, 1.82) is 0 Å². The number of rotatable bonds is 0. The number of aliphatic hydroxyl groups is 1. The Balaban J connectivity index is 1.34. The molecule has 5 aliphatic rings. The molecule has 1 aromatic rings. The fourth-order valence-electron chi connectivity index (χ4n) is 7.17. The fourth-order valence-corrected chi connectivity index (χ4v) is 7.17. The molecule has 1 aromatic heterocycles. The first-order valence-electron chi connectivity index (χ1n) is 11.6. The van der Waals surface area contributed by atoms with E-state index in [1.165, 1.54) is 48.8 Å². The molecule has 2 nitrogen and oxygen atoms in total. The van der Waals surface area contributed by atoms with Gasteiger partial charge in [0.05, 0.1) is 5.60 Å². The van der Waals surface area contributed by atoms with Crippen LogP contribution in [0.3, 0.4) is 0 Å². The average Bonchev–Trinajstić information content (AvgIpc) is 2.89. The molecule has 0 aliphatic heterocycles. The first kappa shape index (κ1) is 17.9. The first-order chi connectivity index (χ1) is 14.2. The Hall–Kier alpha value is -1.93. The van der Waals surface area contributed by atoms with Gasteiger partial charge in [0, 0.05) is 17.8 Å². The summed E-state index contributed by atoms with van der Waals surface area (Å²) in [6.07, 6.45) is 28.8. The summed E-state index contributed by atoms with van der Waals surface area (Å²) in [5.41, 5.74) is 5.06. The highest BCUT2D eigenvalue weighted by Gasteiger charge is 2.51. The van der Waals surface area contributed by atoms with Gasteiger partial charge in [-0.15, -0.1) is 0 Å². The molecular formula is C27H31NO. The summed E-state index contributed by atoms with van der Waals surface area (Å²) in [5.74, 6) is 2.05. The van der Waals surface area contributed by atoms with Gasteiger partial charge in [-0.25, -0.2) is 0 Å². The summed E-state index contributed by atoms with van der Waals surface area (Å²) >= 11 is 0. The van der Waals surface area contributed by atoms with Crippen LogP contribution >= 0.6 is 0 Å². The van der Waals surface area contributed by atoms with Crippen LogP contribution in [0.5, 0.6) is 0 Å². The number of hydrogen-bond donors (Lipinski definition) is 1. The second-order valence-corrected chi connectivity index (χ2v) is 10.1. The topological polar surface area (TPSA) is 33.1 Å². The molecule has 2 fully saturated rings. The lowest BCUT2D eigenvalue weighted by molar-refractivity contribution is 0.0372. The van der Waals surface area contributed by atoms with Crippen molar-refractivity contribution in [2.75, 3.05) is 0 Å². The number of aromatic nitrogens is 1. The number of hydrogen-bond acceptors (Lipinski definition) is 2. The smallest absolute Gasteiger partial charge is 0.0860 e. The Labute approximate surface area is 174 Å². The van der Waals surface area contributed by atoms with Crippen molar-refractivity contribution in [3.63, 3.8) is 0 Å². The largest absolute Gasteiger partial charge is 0.386 e. The minimum absolute atomic E-state index is 0.175. The third-order valence-electron chi connectivity index (χ3n) is 8.80. The molecule has 1 heterocycles. The number of pyridine rings is 1. The van der Waals surface area contributed by atoms with E-state index in [4.69, 9.17) is 0 Å². The predicted octanol–water partition coefficient (Wildman–Crippen LogP) is 6.11. The van der Waals surface area contributed by atoms with Crippen LogP contribution in [0.25, 0.3) is 12.2 Å². The van der Waals surface area contributed by atoms with Gasteiger partial charge in [0.2, 0.25) is 0 Å².